The Labute approximate surface area is 69.0 Å². The van der Waals surface area contributed by atoms with Crippen LogP contribution >= 0.6 is 0 Å². The van der Waals surface area contributed by atoms with Gasteiger partial charge in [-0.3, -0.25) is 4.79 Å². The zero-order valence-electron chi connectivity index (χ0n) is 4.87. The summed E-state index contributed by atoms with van der Waals surface area (Å²) in [5, 5.41) is 0. The third-order valence-electron chi connectivity index (χ3n) is 0.936. The molecule has 0 unspecified atom stereocenters. The van der Waals surface area contributed by atoms with Crippen molar-refractivity contribution >= 4 is 6.29 Å². The molecule has 0 aromatic heterocycles. The molecule has 1 aromatic carbocycles. The molecule has 1 nitrogen and oxygen atoms in total. The van der Waals surface area contributed by atoms with Crippen LogP contribution in [0.4, 0.5) is 0 Å². The van der Waals surface area contributed by atoms with E-state index in [1.165, 1.54) is 0 Å². The molecule has 0 spiro atoms. The second-order valence-corrected chi connectivity index (χ2v) is 1.53. The smallest absolute Gasteiger partial charge is 0.150 e. The molecule has 0 saturated heterocycles. The fourth-order valence-electron chi connectivity index (χ4n) is 0.532. The van der Waals surface area contributed by atoms with E-state index in [2.05, 4.69) is 0 Å². The summed E-state index contributed by atoms with van der Waals surface area (Å²) in [6, 6.07) is 9.10. The van der Waals surface area contributed by atoms with Gasteiger partial charge in [-0.2, -0.15) is 0 Å². The quantitative estimate of drug-likeness (QED) is 0.442. The van der Waals surface area contributed by atoms with Crippen LogP contribution in [-0.4, -0.2) is 6.29 Å². The minimum atomic E-state index is 0. The average Bonchev–Trinajstić information content (AvgIpc) is 1.90. The van der Waals surface area contributed by atoms with Crippen molar-refractivity contribution in [2.45, 2.75) is 0 Å². The topological polar surface area (TPSA) is 17.1 Å². The summed E-state index contributed by atoms with van der Waals surface area (Å²) in [4.78, 5) is 10.0. The van der Waals surface area contributed by atoms with Crippen molar-refractivity contribution in [3.63, 3.8) is 0 Å². The van der Waals surface area contributed by atoms with Crippen LogP contribution in [0.3, 0.4) is 0 Å². The molecule has 1 aromatic rings. The van der Waals surface area contributed by atoms with Gasteiger partial charge in [-0.05, 0) is 0 Å². The second kappa shape index (κ2) is 4.48. The van der Waals surface area contributed by atoms with Crippen LogP contribution in [0.1, 0.15) is 10.4 Å². The van der Waals surface area contributed by atoms with E-state index in [-0.39, 0.29) is 21.7 Å². The van der Waals surface area contributed by atoms with Gasteiger partial charge in [-0.1, -0.05) is 30.3 Å². The molecule has 9 heavy (non-hydrogen) atoms. The first-order valence-corrected chi connectivity index (χ1v) is 2.44. The molecular weight excluding hydrogens is 148 g/mol. The van der Waals surface area contributed by atoms with Crippen molar-refractivity contribution in [3.05, 3.63) is 35.9 Å². The van der Waals surface area contributed by atoms with Crippen LogP contribution < -0.4 is 0 Å². The molecule has 0 aliphatic heterocycles. The van der Waals surface area contributed by atoms with E-state index in [0.717, 1.165) is 11.8 Å². The van der Waals surface area contributed by atoms with Gasteiger partial charge in [0.2, 0.25) is 0 Å². The third kappa shape index (κ3) is 2.59. The van der Waals surface area contributed by atoms with Crippen LogP contribution in [0.5, 0.6) is 0 Å². The van der Waals surface area contributed by atoms with Crippen molar-refractivity contribution in [2.24, 2.45) is 0 Å². The largest absolute Gasteiger partial charge is 0.298 e. The number of benzene rings is 1. The molecule has 0 amide bonds. The Morgan fingerprint density at radius 3 is 2.00 bits per heavy atom. The van der Waals surface area contributed by atoms with E-state index in [1.54, 1.807) is 12.1 Å². The van der Waals surface area contributed by atoms with E-state index in [4.69, 9.17) is 0 Å². The first-order valence-electron chi connectivity index (χ1n) is 2.44. The number of rotatable bonds is 1. The maximum Gasteiger partial charge on any atom is 0.150 e. The molecule has 0 saturated carbocycles. The van der Waals surface area contributed by atoms with E-state index in [0.29, 0.717) is 0 Å². The van der Waals surface area contributed by atoms with Gasteiger partial charge in [0, 0.05) is 27.3 Å². The summed E-state index contributed by atoms with van der Waals surface area (Å²) in [5.41, 5.74) is 0.729. The fourth-order valence-corrected chi connectivity index (χ4v) is 0.532. The minimum Gasteiger partial charge on any atom is -0.298 e. The standard InChI is InChI=1S/C7H6O.Ti/c8-6-7-4-2-1-3-5-7;/h1-6H;. The molecule has 0 atom stereocenters. The van der Waals surface area contributed by atoms with Gasteiger partial charge in [-0.15, -0.1) is 0 Å². The summed E-state index contributed by atoms with van der Waals surface area (Å²) in [7, 11) is 0. The third-order valence-corrected chi connectivity index (χ3v) is 0.936. The first kappa shape index (κ1) is 8.60. The van der Waals surface area contributed by atoms with E-state index in [9.17, 15) is 4.79 Å². The fraction of sp³-hybridized carbons (Fsp3) is 0. The molecule has 0 heterocycles. The maximum atomic E-state index is 10.0. The molecule has 0 radical (unpaired) electrons. The molecule has 1 rings (SSSR count). The van der Waals surface area contributed by atoms with Crippen molar-refractivity contribution in [1.29, 1.82) is 0 Å². The number of aldehydes is 1. The molecule has 0 aliphatic rings. The number of hydrogen-bond acceptors (Lipinski definition) is 1. The van der Waals surface area contributed by atoms with Gasteiger partial charge >= 0.3 is 0 Å². The maximum absolute atomic E-state index is 10.0. The molecule has 0 aliphatic carbocycles. The summed E-state index contributed by atoms with van der Waals surface area (Å²) in [5.74, 6) is 0. The van der Waals surface area contributed by atoms with E-state index < -0.39 is 0 Å². The van der Waals surface area contributed by atoms with Crippen LogP contribution in [0.15, 0.2) is 30.3 Å². The van der Waals surface area contributed by atoms with Gasteiger partial charge in [0.15, 0.2) is 0 Å². The van der Waals surface area contributed by atoms with Gasteiger partial charge in [0.1, 0.15) is 6.29 Å². The predicted molar refractivity (Wildman–Crippen MR) is 31.8 cm³/mol. The Kier molecular flexibility index (Phi) is 4.28. The molecule has 2 heteroatoms. The van der Waals surface area contributed by atoms with Crippen molar-refractivity contribution in [2.75, 3.05) is 0 Å². The minimum absolute atomic E-state index is 0. The van der Waals surface area contributed by atoms with Gasteiger partial charge < -0.3 is 0 Å². The van der Waals surface area contributed by atoms with Gasteiger partial charge in [0.05, 0.1) is 0 Å². The molecule has 44 valence electrons. The Bertz CT molecular complexity index is 172. The predicted octanol–water partition coefficient (Wildman–Crippen LogP) is 1.50. The number of hydrogen-bond donors (Lipinski definition) is 0. The zero-order valence-corrected chi connectivity index (χ0v) is 6.43. The van der Waals surface area contributed by atoms with Crippen molar-refractivity contribution < 1.29 is 26.5 Å². The number of carbonyl (C=O) groups is 1. The van der Waals surface area contributed by atoms with Gasteiger partial charge in [-0.25, -0.2) is 0 Å². The Morgan fingerprint density at radius 2 is 1.67 bits per heavy atom. The molecule has 0 N–H and O–H groups in total. The normalized spacial score (nSPS) is 7.56. The number of carbonyl (C=O) groups excluding carboxylic acids is 1. The van der Waals surface area contributed by atoms with Crippen molar-refractivity contribution in [1.82, 2.24) is 0 Å². The van der Waals surface area contributed by atoms with E-state index in [1.807, 2.05) is 18.2 Å². The summed E-state index contributed by atoms with van der Waals surface area (Å²) < 4.78 is 0. The zero-order chi connectivity index (χ0) is 5.82. The van der Waals surface area contributed by atoms with Crippen LogP contribution in [0.2, 0.25) is 0 Å². The SMILES string of the molecule is O=Cc1ccccc1.[Ti]. The molecular formula is C7H6OTi. The summed E-state index contributed by atoms with van der Waals surface area (Å²) >= 11 is 0. The second-order valence-electron chi connectivity index (χ2n) is 1.53. The van der Waals surface area contributed by atoms with Crippen LogP contribution in [0.25, 0.3) is 0 Å². The molecule has 0 bridgehead atoms. The van der Waals surface area contributed by atoms with E-state index >= 15 is 0 Å². The monoisotopic (exact) mass is 154 g/mol. The van der Waals surface area contributed by atoms with Gasteiger partial charge in [0.25, 0.3) is 0 Å². The first-order chi connectivity index (χ1) is 3.93. The van der Waals surface area contributed by atoms with Crippen LogP contribution in [0, 0.1) is 0 Å². The Hall–Kier alpha value is -0.396. The van der Waals surface area contributed by atoms with Crippen LogP contribution in [-0.2, 0) is 21.7 Å². The Balaban J connectivity index is 0.000000640. The van der Waals surface area contributed by atoms with Crippen molar-refractivity contribution in [3.8, 4) is 0 Å². The summed E-state index contributed by atoms with van der Waals surface area (Å²) in [6.07, 6.45) is 0.833. The summed E-state index contributed by atoms with van der Waals surface area (Å²) in [6.45, 7) is 0. The average molecular weight is 154 g/mol. The molecule has 0 fully saturated rings. The Morgan fingerprint density at radius 1 is 1.11 bits per heavy atom.